The van der Waals surface area contributed by atoms with Gasteiger partial charge in [0.2, 0.25) is 0 Å². The molecule has 4 nitrogen and oxygen atoms in total. The van der Waals surface area contributed by atoms with Crippen LogP contribution in [0.5, 0.6) is 0 Å². The van der Waals surface area contributed by atoms with Crippen molar-refractivity contribution in [3.05, 3.63) is 17.8 Å². The fourth-order valence-electron chi connectivity index (χ4n) is 1.53. The van der Waals surface area contributed by atoms with Crippen molar-refractivity contribution in [3.63, 3.8) is 0 Å². The van der Waals surface area contributed by atoms with Crippen molar-refractivity contribution in [2.75, 3.05) is 17.6 Å². The van der Waals surface area contributed by atoms with E-state index >= 15 is 0 Å². The number of aromatic nitrogens is 1. The molecule has 0 saturated carbocycles. The molecule has 86 valence electrons. The minimum absolute atomic E-state index is 0.506. The molecule has 1 heterocycles. The number of nitrogens with zero attached hydrogens (tertiary/aromatic N) is 2. The third-order valence-corrected chi connectivity index (χ3v) is 2.74. The monoisotopic (exact) mass is 218 g/mol. The molecule has 1 aromatic heterocycles. The zero-order chi connectivity index (χ0) is 12.0. The van der Waals surface area contributed by atoms with Crippen molar-refractivity contribution >= 4 is 11.5 Å². The Balaban J connectivity index is 2.70. The van der Waals surface area contributed by atoms with E-state index in [-0.39, 0.29) is 0 Å². The average Bonchev–Trinajstić information content (AvgIpc) is 2.31. The molecule has 3 N–H and O–H groups in total. The van der Waals surface area contributed by atoms with Gasteiger partial charge in [0.25, 0.3) is 0 Å². The number of nitriles is 1. The number of anilines is 2. The zero-order valence-electron chi connectivity index (χ0n) is 9.83. The van der Waals surface area contributed by atoms with Gasteiger partial charge >= 0.3 is 0 Å². The Morgan fingerprint density at radius 2 is 2.19 bits per heavy atom. The van der Waals surface area contributed by atoms with Gasteiger partial charge in [-0.2, -0.15) is 5.26 Å². The Morgan fingerprint density at radius 3 is 2.75 bits per heavy atom. The lowest BCUT2D eigenvalue weighted by molar-refractivity contribution is 0.518. The molecular formula is C12H18N4. The summed E-state index contributed by atoms with van der Waals surface area (Å²) in [5.74, 6) is 1.24. The summed E-state index contributed by atoms with van der Waals surface area (Å²) in [7, 11) is 0. The SMILES string of the molecule is CCC(CC)CNc1ncc(N)cc1C#N. The quantitative estimate of drug-likeness (QED) is 0.795. The molecule has 0 saturated heterocycles. The fraction of sp³-hybridized carbons (Fsp3) is 0.500. The largest absolute Gasteiger partial charge is 0.397 e. The van der Waals surface area contributed by atoms with Crippen LogP contribution in [0.1, 0.15) is 32.3 Å². The first-order valence-corrected chi connectivity index (χ1v) is 5.60. The van der Waals surface area contributed by atoms with Crippen molar-refractivity contribution in [2.45, 2.75) is 26.7 Å². The van der Waals surface area contributed by atoms with E-state index in [4.69, 9.17) is 11.0 Å². The van der Waals surface area contributed by atoms with Crippen LogP contribution < -0.4 is 11.1 Å². The van der Waals surface area contributed by atoms with Crippen LogP contribution in [0.3, 0.4) is 0 Å². The van der Waals surface area contributed by atoms with Gasteiger partial charge in [0.15, 0.2) is 0 Å². The van der Waals surface area contributed by atoms with Gasteiger partial charge in [-0.3, -0.25) is 0 Å². The first-order chi connectivity index (χ1) is 7.71. The molecule has 0 unspecified atom stereocenters. The summed E-state index contributed by atoms with van der Waals surface area (Å²) < 4.78 is 0. The lowest BCUT2D eigenvalue weighted by Gasteiger charge is -2.14. The van der Waals surface area contributed by atoms with Crippen LogP contribution in [-0.4, -0.2) is 11.5 Å². The Labute approximate surface area is 96.5 Å². The smallest absolute Gasteiger partial charge is 0.144 e. The first kappa shape index (κ1) is 12.3. The maximum Gasteiger partial charge on any atom is 0.144 e. The van der Waals surface area contributed by atoms with E-state index in [9.17, 15) is 0 Å². The second kappa shape index (κ2) is 5.96. The van der Waals surface area contributed by atoms with Crippen LogP contribution in [0, 0.1) is 17.2 Å². The molecule has 0 aliphatic carbocycles. The molecule has 0 bridgehead atoms. The van der Waals surface area contributed by atoms with E-state index in [0.29, 0.717) is 23.0 Å². The summed E-state index contributed by atoms with van der Waals surface area (Å²) in [5, 5.41) is 12.1. The van der Waals surface area contributed by atoms with Crippen molar-refractivity contribution in [1.29, 1.82) is 5.26 Å². The normalized spacial score (nSPS) is 10.1. The Morgan fingerprint density at radius 1 is 1.50 bits per heavy atom. The number of hydrogen-bond donors (Lipinski definition) is 2. The summed E-state index contributed by atoms with van der Waals surface area (Å²) in [6, 6.07) is 3.73. The third-order valence-electron chi connectivity index (χ3n) is 2.74. The average molecular weight is 218 g/mol. The maximum absolute atomic E-state index is 8.94. The molecule has 4 heteroatoms. The van der Waals surface area contributed by atoms with Crippen molar-refractivity contribution in [2.24, 2.45) is 5.92 Å². The van der Waals surface area contributed by atoms with E-state index in [1.807, 2.05) is 0 Å². The number of nitrogen functional groups attached to an aromatic ring is 1. The Hall–Kier alpha value is -1.76. The number of hydrogen-bond acceptors (Lipinski definition) is 4. The van der Waals surface area contributed by atoms with Crippen LogP contribution in [0.4, 0.5) is 11.5 Å². The standard InChI is InChI=1S/C12H18N4/c1-3-9(4-2)7-15-12-10(6-13)5-11(14)8-16-12/h5,8-9H,3-4,7,14H2,1-2H3,(H,15,16). The minimum atomic E-state index is 0.506. The molecule has 0 amide bonds. The lowest BCUT2D eigenvalue weighted by atomic mass is 10.0. The highest BCUT2D eigenvalue weighted by molar-refractivity contribution is 5.57. The molecule has 0 aliphatic rings. The van der Waals surface area contributed by atoms with Crippen LogP contribution >= 0.6 is 0 Å². The molecule has 0 spiro atoms. The molecule has 0 atom stereocenters. The molecule has 0 fully saturated rings. The van der Waals surface area contributed by atoms with E-state index in [1.165, 1.54) is 0 Å². The number of nitrogens with two attached hydrogens (primary N) is 1. The number of rotatable bonds is 5. The first-order valence-electron chi connectivity index (χ1n) is 5.60. The molecular weight excluding hydrogens is 200 g/mol. The van der Waals surface area contributed by atoms with E-state index in [2.05, 4.69) is 30.2 Å². The van der Waals surface area contributed by atoms with Crippen LogP contribution in [0.2, 0.25) is 0 Å². The maximum atomic E-state index is 8.94. The van der Waals surface area contributed by atoms with Crippen molar-refractivity contribution < 1.29 is 0 Å². The van der Waals surface area contributed by atoms with Crippen molar-refractivity contribution in [1.82, 2.24) is 4.98 Å². The highest BCUT2D eigenvalue weighted by atomic mass is 15.0. The van der Waals surface area contributed by atoms with E-state index in [0.717, 1.165) is 19.4 Å². The second-order valence-electron chi connectivity index (χ2n) is 3.84. The highest BCUT2D eigenvalue weighted by Crippen LogP contribution is 2.16. The molecule has 1 aromatic rings. The predicted octanol–water partition coefficient (Wildman–Crippen LogP) is 2.38. The topological polar surface area (TPSA) is 74.7 Å². The summed E-state index contributed by atoms with van der Waals surface area (Å²) in [4.78, 5) is 4.13. The molecule has 1 rings (SSSR count). The van der Waals surface area contributed by atoms with E-state index < -0.39 is 0 Å². The number of nitrogens with one attached hydrogen (secondary N) is 1. The van der Waals surface area contributed by atoms with Crippen LogP contribution in [0.25, 0.3) is 0 Å². The van der Waals surface area contributed by atoms with Crippen LogP contribution in [0.15, 0.2) is 12.3 Å². The van der Waals surface area contributed by atoms with E-state index in [1.54, 1.807) is 12.3 Å². The summed E-state index contributed by atoms with van der Waals surface area (Å²) >= 11 is 0. The van der Waals surface area contributed by atoms with Gasteiger partial charge in [0.1, 0.15) is 11.9 Å². The summed E-state index contributed by atoms with van der Waals surface area (Å²) in [6.07, 6.45) is 3.82. The lowest BCUT2D eigenvalue weighted by Crippen LogP contribution is -2.14. The Kier molecular flexibility index (Phi) is 4.59. The van der Waals surface area contributed by atoms with Gasteiger partial charge in [-0.25, -0.2) is 4.98 Å². The predicted molar refractivity (Wildman–Crippen MR) is 65.9 cm³/mol. The fourth-order valence-corrected chi connectivity index (χ4v) is 1.53. The molecule has 0 aliphatic heterocycles. The van der Waals surface area contributed by atoms with Crippen molar-refractivity contribution in [3.8, 4) is 6.07 Å². The number of pyridine rings is 1. The molecule has 0 radical (unpaired) electrons. The molecule has 0 aromatic carbocycles. The highest BCUT2D eigenvalue weighted by Gasteiger charge is 2.07. The van der Waals surface area contributed by atoms with Gasteiger partial charge in [-0.15, -0.1) is 0 Å². The van der Waals surface area contributed by atoms with Crippen LogP contribution in [-0.2, 0) is 0 Å². The second-order valence-corrected chi connectivity index (χ2v) is 3.84. The van der Waals surface area contributed by atoms with Gasteiger partial charge in [-0.1, -0.05) is 26.7 Å². The minimum Gasteiger partial charge on any atom is -0.397 e. The molecule has 16 heavy (non-hydrogen) atoms. The van der Waals surface area contributed by atoms with Gasteiger partial charge in [0, 0.05) is 6.54 Å². The van der Waals surface area contributed by atoms with Gasteiger partial charge < -0.3 is 11.1 Å². The summed E-state index contributed by atoms with van der Waals surface area (Å²) in [6.45, 7) is 5.17. The van der Waals surface area contributed by atoms with Gasteiger partial charge in [-0.05, 0) is 12.0 Å². The Bertz CT molecular complexity index is 377. The summed E-state index contributed by atoms with van der Waals surface area (Å²) in [5.41, 5.74) is 6.59. The zero-order valence-corrected chi connectivity index (χ0v) is 9.83. The van der Waals surface area contributed by atoms with Gasteiger partial charge in [0.05, 0.1) is 17.4 Å². The third kappa shape index (κ3) is 3.13.